The van der Waals surface area contributed by atoms with Crippen molar-refractivity contribution in [2.45, 2.75) is 115 Å². The van der Waals surface area contributed by atoms with Crippen molar-refractivity contribution in [2.75, 3.05) is 19.6 Å². The van der Waals surface area contributed by atoms with Gasteiger partial charge < -0.3 is 24.8 Å². The van der Waals surface area contributed by atoms with E-state index in [2.05, 4.69) is 11.5 Å². The fraction of sp³-hybridized carbons (Fsp3) is 0.857. The van der Waals surface area contributed by atoms with Gasteiger partial charge in [0.2, 0.25) is 0 Å². The van der Waals surface area contributed by atoms with Crippen molar-refractivity contribution in [2.24, 2.45) is 16.7 Å². The van der Waals surface area contributed by atoms with E-state index < -0.39 is 63.6 Å². The van der Waals surface area contributed by atoms with Crippen molar-refractivity contribution in [1.82, 2.24) is 4.90 Å². The fourth-order valence-corrected chi connectivity index (χ4v) is 8.07. The number of hydrogen-bond acceptors (Lipinski definition) is 8. The van der Waals surface area contributed by atoms with Crippen LogP contribution in [0.5, 0.6) is 0 Å². The molecule has 0 spiro atoms. The molecule has 8 atom stereocenters. The summed E-state index contributed by atoms with van der Waals surface area (Å²) in [6, 6.07) is 0. The van der Waals surface area contributed by atoms with E-state index in [1.807, 2.05) is 13.8 Å². The lowest BCUT2D eigenvalue weighted by Crippen LogP contribution is -2.86. The van der Waals surface area contributed by atoms with Gasteiger partial charge in [-0.2, -0.15) is 0 Å². The van der Waals surface area contributed by atoms with Crippen molar-refractivity contribution in [3.63, 3.8) is 0 Å². The number of likely N-dealkylation sites (tertiary alicyclic amines) is 1. The zero-order valence-electron chi connectivity index (χ0n) is 23.0. The highest BCUT2D eigenvalue weighted by Crippen LogP contribution is 2.67. The average Bonchev–Trinajstić information content (AvgIpc) is 3.06. The number of Topliss-reactive ketones (excluding diaryl/α,β-unsaturated/α-hetero) is 1. The fourth-order valence-electron chi connectivity index (χ4n) is 8.07. The minimum absolute atomic E-state index is 0. The summed E-state index contributed by atoms with van der Waals surface area (Å²) in [6.07, 6.45) is 3.03. The first-order chi connectivity index (χ1) is 16.7. The zero-order chi connectivity index (χ0) is 26.7. The van der Waals surface area contributed by atoms with Crippen LogP contribution in [-0.2, 0) is 19.1 Å². The van der Waals surface area contributed by atoms with E-state index in [1.165, 1.54) is 13.0 Å². The summed E-state index contributed by atoms with van der Waals surface area (Å²) in [5.41, 5.74) is -7.12. The number of carbonyl (C=O) groups excluding carboxylic acids is 2. The summed E-state index contributed by atoms with van der Waals surface area (Å²) in [5.74, 6) is -1.64. The Labute approximate surface area is 227 Å². The number of halogens is 1. The molecule has 2 heterocycles. The van der Waals surface area contributed by atoms with Gasteiger partial charge in [-0.15, -0.1) is 19.0 Å². The molecule has 4 aliphatic rings. The van der Waals surface area contributed by atoms with Gasteiger partial charge in [0.1, 0.15) is 17.8 Å². The van der Waals surface area contributed by atoms with Gasteiger partial charge in [-0.05, 0) is 58.0 Å². The summed E-state index contributed by atoms with van der Waals surface area (Å²) in [7, 11) is 0. The normalized spacial score (nSPS) is 46.0. The molecule has 0 aromatic carbocycles. The monoisotopic (exact) mass is 543 g/mol. The molecule has 212 valence electrons. The van der Waals surface area contributed by atoms with E-state index in [4.69, 9.17) is 9.47 Å². The highest BCUT2D eigenvalue weighted by atomic mass is 35.5. The third-order valence-corrected chi connectivity index (χ3v) is 10.1. The standard InChI is InChI=1S/C28H45NO7.ClH/c1-7-25(4)16-19(31)28(34)26(5)18(30)12-13-24(2,3)22(26)21(23(33)27(28,6)36-25)35-20(32)17-29-14-10-8-9-11-15-29;/h7,18,21-23,30,33-34H,1,8-17H2,2-6H3;1H/t18-,21-,22-,23-,25-,26-,27+,28-;/m0./s1. The molecule has 9 heteroatoms. The molecule has 0 amide bonds. The van der Waals surface area contributed by atoms with Crippen LogP contribution in [0.1, 0.15) is 79.6 Å². The minimum atomic E-state index is -2.20. The second kappa shape index (κ2) is 10.2. The van der Waals surface area contributed by atoms with Gasteiger partial charge in [-0.1, -0.05) is 39.7 Å². The number of ether oxygens (including phenoxy) is 2. The van der Waals surface area contributed by atoms with Gasteiger partial charge in [0, 0.05) is 17.8 Å². The smallest absolute Gasteiger partial charge is 0.320 e. The Kier molecular flexibility index (Phi) is 8.39. The number of aliphatic hydroxyl groups is 3. The summed E-state index contributed by atoms with van der Waals surface area (Å²) < 4.78 is 12.4. The lowest BCUT2D eigenvalue weighted by molar-refractivity contribution is -0.370. The van der Waals surface area contributed by atoms with E-state index >= 15 is 0 Å². The Bertz CT molecular complexity index is 905. The molecule has 0 aromatic rings. The van der Waals surface area contributed by atoms with E-state index in [1.54, 1.807) is 13.8 Å². The summed E-state index contributed by atoms with van der Waals surface area (Å²) in [4.78, 5) is 29.2. The van der Waals surface area contributed by atoms with E-state index in [9.17, 15) is 24.9 Å². The van der Waals surface area contributed by atoms with Crippen LogP contribution in [0.25, 0.3) is 0 Å². The van der Waals surface area contributed by atoms with Gasteiger partial charge in [0.15, 0.2) is 11.4 Å². The Morgan fingerprint density at radius 3 is 2.30 bits per heavy atom. The summed E-state index contributed by atoms with van der Waals surface area (Å²) in [6.45, 7) is 14.4. The van der Waals surface area contributed by atoms with Crippen LogP contribution in [0.4, 0.5) is 0 Å². The van der Waals surface area contributed by atoms with Gasteiger partial charge in [-0.25, -0.2) is 0 Å². The van der Waals surface area contributed by atoms with Gasteiger partial charge in [0.05, 0.1) is 18.2 Å². The third-order valence-electron chi connectivity index (χ3n) is 10.1. The summed E-state index contributed by atoms with van der Waals surface area (Å²) >= 11 is 0. The first-order valence-corrected chi connectivity index (χ1v) is 13.5. The van der Waals surface area contributed by atoms with Crippen molar-refractivity contribution >= 4 is 24.2 Å². The SMILES string of the molecule is C=C[C@@]1(C)CC(=O)[C@]2(O)[C@@]3(C)[C@@H](O)CCC(C)(C)[C@@H]3[C@H](OC(=O)CN3CCCCCC3)[C@H](O)[C@@]2(C)O1.Cl. The first-order valence-electron chi connectivity index (χ1n) is 13.5. The van der Waals surface area contributed by atoms with Crippen LogP contribution in [0, 0.1) is 16.7 Å². The lowest BCUT2D eigenvalue weighted by Gasteiger charge is -2.71. The van der Waals surface area contributed by atoms with Crippen LogP contribution >= 0.6 is 12.4 Å². The topological polar surface area (TPSA) is 117 Å². The van der Waals surface area contributed by atoms with E-state index in [0.717, 1.165) is 38.8 Å². The molecule has 3 N–H and O–H groups in total. The van der Waals surface area contributed by atoms with Crippen molar-refractivity contribution < 1.29 is 34.4 Å². The maximum atomic E-state index is 13.8. The van der Waals surface area contributed by atoms with Crippen LogP contribution in [0.15, 0.2) is 12.7 Å². The summed E-state index contributed by atoms with van der Waals surface area (Å²) in [5, 5.41) is 35.6. The predicted octanol–water partition coefficient (Wildman–Crippen LogP) is 2.80. The van der Waals surface area contributed by atoms with Crippen molar-refractivity contribution in [3.8, 4) is 0 Å². The number of fused-ring (bicyclic) bond motifs is 3. The number of carbonyl (C=O) groups is 2. The van der Waals surface area contributed by atoms with E-state index in [-0.39, 0.29) is 25.4 Å². The Morgan fingerprint density at radius 2 is 1.73 bits per heavy atom. The molecule has 2 saturated carbocycles. The highest BCUT2D eigenvalue weighted by molar-refractivity contribution is 5.92. The van der Waals surface area contributed by atoms with Crippen LogP contribution in [-0.4, -0.2) is 86.7 Å². The number of hydrogen-bond donors (Lipinski definition) is 3. The van der Waals surface area contributed by atoms with Crippen LogP contribution < -0.4 is 0 Å². The zero-order valence-corrected chi connectivity index (χ0v) is 23.8. The number of esters is 1. The molecule has 2 saturated heterocycles. The molecular weight excluding hydrogens is 498 g/mol. The molecule has 0 radical (unpaired) electrons. The molecule has 2 aliphatic carbocycles. The molecule has 4 rings (SSSR count). The molecule has 2 aliphatic heterocycles. The average molecular weight is 544 g/mol. The van der Waals surface area contributed by atoms with Gasteiger partial charge >= 0.3 is 5.97 Å². The Hall–Kier alpha value is -1.03. The van der Waals surface area contributed by atoms with Crippen LogP contribution in [0.3, 0.4) is 0 Å². The predicted molar refractivity (Wildman–Crippen MR) is 141 cm³/mol. The molecule has 37 heavy (non-hydrogen) atoms. The number of ketones is 1. The molecule has 4 fully saturated rings. The van der Waals surface area contributed by atoms with Gasteiger partial charge in [0.25, 0.3) is 0 Å². The molecule has 8 nitrogen and oxygen atoms in total. The van der Waals surface area contributed by atoms with Crippen molar-refractivity contribution in [1.29, 1.82) is 0 Å². The quantitative estimate of drug-likeness (QED) is 0.366. The largest absolute Gasteiger partial charge is 0.458 e. The minimum Gasteiger partial charge on any atom is -0.458 e. The number of rotatable bonds is 4. The lowest BCUT2D eigenvalue weighted by atomic mass is 9.40. The van der Waals surface area contributed by atoms with Gasteiger partial charge in [-0.3, -0.25) is 14.5 Å². The van der Waals surface area contributed by atoms with Crippen molar-refractivity contribution in [3.05, 3.63) is 12.7 Å². The highest BCUT2D eigenvalue weighted by Gasteiger charge is 2.81. The Morgan fingerprint density at radius 1 is 1.14 bits per heavy atom. The molecule has 0 bridgehead atoms. The number of nitrogens with zero attached hydrogens (tertiary/aromatic N) is 1. The molecule has 0 unspecified atom stereocenters. The molecule has 0 aromatic heterocycles. The Balaban J connectivity index is 0.00000380. The maximum Gasteiger partial charge on any atom is 0.320 e. The number of aliphatic hydroxyl groups excluding tert-OH is 2. The second-order valence-electron chi connectivity index (χ2n) is 12.9. The third kappa shape index (κ3) is 4.49. The van der Waals surface area contributed by atoms with E-state index in [0.29, 0.717) is 12.8 Å². The second-order valence-corrected chi connectivity index (χ2v) is 12.9. The first kappa shape index (κ1) is 30.5. The maximum absolute atomic E-state index is 13.8. The molecular formula is C28H46ClNO7. The van der Waals surface area contributed by atoms with Crippen LogP contribution in [0.2, 0.25) is 0 Å².